The highest BCUT2D eigenvalue weighted by molar-refractivity contribution is 7.13. The maximum atomic E-state index is 14.3. The Morgan fingerprint density at radius 2 is 1.76 bits per heavy atom. The van der Waals surface area contributed by atoms with E-state index >= 15 is 0 Å². The number of thiazole rings is 1. The molecule has 2 aliphatic heterocycles. The summed E-state index contributed by atoms with van der Waals surface area (Å²) in [5.41, 5.74) is 7.46. The molecule has 58 heavy (non-hydrogen) atoms. The van der Waals surface area contributed by atoms with Crippen molar-refractivity contribution in [1.29, 1.82) is 0 Å². The number of aliphatic hydroxyl groups is 1. The molecule has 15 heteroatoms. The Kier molecular flexibility index (Phi) is 10.8. The number of hydrogen-bond donors (Lipinski definition) is 4. The minimum atomic E-state index is -0.835. The highest BCUT2D eigenvalue weighted by Gasteiger charge is 2.44. The van der Waals surface area contributed by atoms with E-state index in [1.807, 2.05) is 69.6 Å². The van der Waals surface area contributed by atoms with Crippen molar-refractivity contribution in [3.05, 3.63) is 101 Å². The van der Waals surface area contributed by atoms with Crippen LogP contribution in [0.3, 0.4) is 0 Å². The summed E-state index contributed by atoms with van der Waals surface area (Å²) in [6, 6.07) is 19.1. The average molecular weight is 803 g/mol. The van der Waals surface area contributed by atoms with Crippen molar-refractivity contribution < 1.29 is 29.1 Å². The fourth-order valence-electron chi connectivity index (χ4n) is 8.18. The van der Waals surface area contributed by atoms with Crippen molar-refractivity contribution in [3.8, 4) is 27.4 Å². The molecule has 0 spiro atoms. The first kappa shape index (κ1) is 38.9. The number of phenols is 1. The number of aromatic nitrogens is 5. The molecule has 0 saturated carbocycles. The van der Waals surface area contributed by atoms with Crippen molar-refractivity contribution >= 4 is 40.1 Å². The van der Waals surface area contributed by atoms with E-state index in [-0.39, 0.29) is 54.3 Å². The number of benzene rings is 2. The monoisotopic (exact) mass is 802 g/mol. The number of nitrogens with zero attached hydrogens (tertiary/aromatic N) is 6. The van der Waals surface area contributed by atoms with E-state index in [4.69, 9.17) is 4.52 Å². The predicted molar refractivity (Wildman–Crippen MR) is 218 cm³/mol. The number of phenolic OH excluding ortho intramolecular Hbond substituents is 1. The molecule has 0 radical (unpaired) electrons. The quantitative estimate of drug-likeness (QED) is 0.121. The fraction of sp³-hybridized carbons (Fsp3) is 0.372. The molecule has 300 valence electrons. The number of fused-ring (bicyclic) bond motifs is 1. The van der Waals surface area contributed by atoms with Crippen LogP contribution < -0.4 is 5.32 Å². The Bertz CT molecular complexity index is 2450. The van der Waals surface area contributed by atoms with E-state index < -0.39 is 18.1 Å². The summed E-state index contributed by atoms with van der Waals surface area (Å²) in [6.45, 7) is 8.79. The van der Waals surface area contributed by atoms with Crippen molar-refractivity contribution in [3.63, 3.8) is 0 Å². The molecule has 2 aromatic carbocycles. The molecule has 0 bridgehead atoms. The number of aromatic amines is 1. The molecule has 14 nitrogen and oxygen atoms in total. The van der Waals surface area contributed by atoms with Crippen LogP contribution >= 0.6 is 11.3 Å². The number of H-pyrrole nitrogens is 1. The Morgan fingerprint density at radius 1 is 1.00 bits per heavy atom. The molecule has 2 fully saturated rings. The number of aromatic hydroxyl groups is 1. The lowest BCUT2D eigenvalue weighted by molar-refractivity contribution is -0.141. The third-order valence-electron chi connectivity index (χ3n) is 11.4. The van der Waals surface area contributed by atoms with E-state index in [0.29, 0.717) is 59.7 Å². The summed E-state index contributed by atoms with van der Waals surface area (Å²) in [5, 5.41) is 37.6. The molecule has 0 unspecified atom stereocenters. The normalized spacial score (nSPS) is 18.5. The van der Waals surface area contributed by atoms with Gasteiger partial charge in [-0.1, -0.05) is 55.4 Å². The van der Waals surface area contributed by atoms with Crippen LogP contribution in [0, 0.1) is 12.8 Å². The zero-order valence-electron chi connectivity index (χ0n) is 32.8. The molecule has 8 rings (SSSR count). The molecule has 6 heterocycles. The number of carbonyl (C=O) groups is 3. The Balaban J connectivity index is 0.897. The summed E-state index contributed by atoms with van der Waals surface area (Å²) < 4.78 is 5.86. The number of amides is 3. The zero-order chi connectivity index (χ0) is 40.7. The van der Waals surface area contributed by atoms with Gasteiger partial charge in [0, 0.05) is 49.0 Å². The minimum Gasteiger partial charge on any atom is -0.507 e. The van der Waals surface area contributed by atoms with Crippen LogP contribution in [0.25, 0.3) is 32.7 Å². The Labute approximate surface area is 339 Å². The summed E-state index contributed by atoms with van der Waals surface area (Å²) in [6.07, 6.45) is 0.619. The minimum absolute atomic E-state index is 0.0212. The number of rotatable bonds is 10. The standard InChI is InChI=1S/C43H46N8O6S/c1-23(2)38(43(56)51-21-30(52)19-35(51)41(54)45-24(3)26-9-11-28(12-10-26)39-25(4)44-22-58-39)37-20-32(49-57-37)27-13-15-50(16-14-27)42(55)34-18-29-17-33(47-48-40(29)46-34)31-7-5-6-8-36(31)53/h5-12,17-18,20,22-24,27,30,35,38,52-53H,13-16,19,21H2,1-4H3,(H,45,54)(H,46,48)/t24-,30+,35-,38+/m0/s1. The van der Waals surface area contributed by atoms with Crippen LogP contribution in [0.5, 0.6) is 5.75 Å². The number of nitrogens with one attached hydrogen (secondary N) is 2. The van der Waals surface area contributed by atoms with E-state index in [1.165, 1.54) is 4.90 Å². The molecule has 4 N–H and O–H groups in total. The van der Waals surface area contributed by atoms with Crippen molar-refractivity contribution in [1.82, 2.24) is 40.4 Å². The van der Waals surface area contributed by atoms with Gasteiger partial charge in [-0.2, -0.15) is 0 Å². The number of carbonyl (C=O) groups excluding carboxylic acids is 3. The highest BCUT2D eigenvalue weighted by atomic mass is 32.1. The molecular weight excluding hydrogens is 757 g/mol. The van der Waals surface area contributed by atoms with E-state index in [1.54, 1.807) is 46.6 Å². The zero-order valence-corrected chi connectivity index (χ0v) is 33.6. The summed E-state index contributed by atoms with van der Waals surface area (Å²) in [5.74, 6) is -1.10. The van der Waals surface area contributed by atoms with Gasteiger partial charge in [-0.25, -0.2) is 4.98 Å². The molecular formula is C43H46N8O6S. The smallest absolute Gasteiger partial charge is 0.270 e. The lowest BCUT2D eigenvalue weighted by Gasteiger charge is -2.30. The molecule has 4 atom stereocenters. The van der Waals surface area contributed by atoms with Gasteiger partial charge < -0.3 is 34.8 Å². The molecule has 4 aromatic heterocycles. The Hall–Kier alpha value is -5.93. The maximum absolute atomic E-state index is 14.3. The van der Waals surface area contributed by atoms with Crippen molar-refractivity contribution in [2.75, 3.05) is 19.6 Å². The van der Waals surface area contributed by atoms with Gasteiger partial charge in [-0.15, -0.1) is 21.5 Å². The summed E-state index contributed by atoms with van der Waals surface area (Å²) >= 11 is 1.58. The van der Waals surface area contributed by atoms with Crippen molar-refractivity contribution in [2.45, 2.75) is 77.0 Å². The number of β-amino-alcohol motifs (C(OH)–C–C–N with tert-alkyl or cyclic N) is 1. The van der Waals surface area contributed by atoms with E-state index in [9.17, 15) is 24.6 Å². The SMILES string of the molecule is Cc1ncsc1-c1ccc([C@H](C)NC(=O)[C@@H]2C[C@@H](O)CN2C(=O)[C@@H](c2cc(C3CCN(C(=O)c4cc5cc(-c6ccccc6O)nnc5[nH]4)CC3)no2)C(C)C)cc1. The van der Waals surface area contributed by atoms with Gasteiger partial charge in [0.2, 0.25) is 11.8 Å². The number of para-hydroxylation sites is 1. The van der Waals surface area contributed by atoms with Gasteiger partial charge in [0.1, 0.15) is 29.2 Å². The van der Waals surface area contributed by atoms with Crippen LogP contribution in [0.1, 0.15) is 91.1 Å². The molecule has 3 amide bonds. The number of piperidine rings is 1. The third-order valence-corrected chi connectivity index (χ3v) is 12.4. The number of hydrogen-bond acceptors (Lipinski definition) is 11. The topological polar surface area (TPSA) is 191 Å². The molecule has 2 saturated heterocycles. The summed E-state index contributed by atoms with van der Waals surface area (Å²) in [7, 11) is 0. The maximum Gasteiger partial charge on any atom is 0.270 e. The van der Waals surface area contributed by atoms with Gasteiger partial charge in [-0.3, -0.25) is 14.4 Å². The van der Waals surface area contributed by atoms with Gasteiger partial charge in [0.15, 0.2) is 5.65 Å². The third kappa shape index (κ3) is 7.71. The molecule has 6 aromatic rings. The van der Waals surface area contributed by atoms with E-state index in [2.05, 4.69) is 30.6 Å². The van der Waals surface area contributed by atoms with Gasteiger partial charge >= 0.3 is 0 Å². The predicted octanol–water partition coefficient (Wildman–Crippen LogP) is 6.35. The van der Waals surface area contributed by atoms with Crippen LogP contribution in [-0.2, 0) is 9.59 Å². The molecule has 2 aliphatic rings. The van der Waals surface area contributed by atoms with Crippen molar-refractivity contribution in [2.24, 2.45) is 5.92 Å². The van der Waals surface area contributed by atoms with Gasteiger partial charge in [0.25, 0.3) is 5.91 Å². The second-order valence-electron chi connectivity index (χ2n) is 15.7. The first-order valence-electron chi connectivity index (χ1n) is 19.6. The number of likely N-dealkylation sites (tertiary alicyclic amines) is 2. The van der Waals surface area contributed by atoms with Crippen LogP contribution in [0.2, 0.25) is 0 Å². The van der Waals surface area contributed by atoms with Crippen LogP contribution in [-0.4, -0.2) is 94.8 Å². The van der Waals surface area contributed by atoms with Crippen LogP contribution in [0.4, 0.5) is 0 Å². The van der Waals surface area contributed by atoms with E-state index in [0.717, 1.165) is 27.4 Å². The second-order valence-corrected chi connectivity index (χ2v) is 16.5. The lowest BCUT2D eigenvalue weighted by Crippen LogP contribution is -2.48. The highest BCUT2D eigenvalue weighted by Crippen LogP contribution is 2.36. The summed E-state index contributed by atoms with van der Waals surface area (Å²) in [4.78, 5) is 53.4. The van der Waals surface area contributed by atoms with Gasteiger partial charge in [-0.05, 0) is 68.0 Å². The number of aliphatic hydroxyl groups excluding tert-OH is 1. The second kappa shape index (κ2) is 16.1. The number of aryl methyl sites for hydroxylation is 1. The fourth-order valence-corrected chi connectivity index (χ4v) is 8.99. The van der Waals surface area contributed by atoms with Gasteiger partial charge in [0.05, 0.1) is 39.6 Å². The largest absolute Gasteiger partial charge is 0.507 e. The first-order chi connectivity index (χ1) is 27.9. The average Bonchev–Trinajstić information content (AvgIpc) is 4.04. The Morgan fingerprint density at radius 3 is 2.47 bits per heavy atom. The molecule has 0 aliphatic carbocycles. The van der Waals surface area contributed by atoms with Crippen LogP contribution in [0.15, 0.2) is 76.8 Å². The first-order valence-corrected chi connectivity index (χ1v) is 20.5. The lowest BCUT2D eigenvalue weighted by atomic mass is 9.89.